The molecule has 0 radical (unpaired) electrons. The predicted octanol–water partition coefficient (Wildman–Crippen LogP) is 2.65. The van der Waals surface area contributed by atoms with Crippen LogP contribution in [0.4, 0.5) is 5.69 Å². The molecule has 0 saturated heterocycles. The summed E-state index contributed by atoms with van der Waals surface area (Å²) in [5.74, 6) is 1.87. The van der Waals surface area contributed by atoms with Gasteiger partial charge in [-0.3, -0.25) is 4.99 Å². The van der Waals surface area contributed by atoms with Gasteiger partial charge in [0.05, 0.1) is 39.7 Å². The zero-order chi connectivity index (χ0) is 17.2. The maximum atomic E-state index is 5.87. The van der Waals surface area contributed by atoms with Gasteiger partial charge in [0.2, 0.25) is 0 Å². The van der Waals surface area contributed by atoms with Gasteiger partial charge in [-0.05, 0) is 29.8 Å². The zero-order valence-corrected chi connectivity index (χ0v) is 14.0. The Bertz CT molecular complexity index is 657. The Kier molecular flexibility index (Phi) is 6.91. The molecule has 0 atom stereocenters. The van der Waals surface area contributed by atoms with Crippen LogP contribution in [0.2, 0.25) is 0 Å². The fourth-order valence-corrected chi connectivity index (χ4v) is 2.07. The molecule has 0 bridgehead atoms. The molecule has 128 valence electrons. The van der Waals surface area contributed by atoms with Gasteiger partial charge in [0.25, 0.3) is 0 Å². The largest absolute Gasteiger partial charge is 0.497 e. The highest BCUT2D eigenvalue weighted by atomic mass is 16.5. The standard InChI is InChI=1S/C18H23N3O3/c1-22-15-9-7-14(8-10-15)13-24-12-11-20-18(19)21-16-5-3-4-6-17(16)23-2/h3-10H,11-13H2,1-2H3,(H3,19,20,21). The smallest absolute Gasteiger partial charge is 0.193 e. The number of rotatable bonds is 8. The number of anilines is 1. The van der Waals surface area contributed by atoms with Crippen LogP contribution in [-0.2, 0) is 11.3 Å². The molecule has 3 N–H and O–H groups in total. The second kappa shape index (κ2) is 9.42. The van der Waals surface area contributed by atoms with Crippen LogP contribution in [-0.4, -0.2) is 33.3 Å². The summed E-state index contributed by atoms with van der Waals surface area (Å²) >= 11 is 0. The lowest BCUT2D eigenvalue weighted by molar-refractivity contribution is 0.128. The van der Waals surface area contributed by atoms with Crippen LogP contribution in [0.3, 0.4) is 0 Å². The first kappa shape index (κ1) is 17.6. The summed E-state index contributed by atoms with van der Waals surface area (Å²) in [6, 6.07) is 15.3. The second-order valence-corrected chi connectivity index (χ2v) is 4.99. The van der Waals surface area contributed by atoms with E-state index in [1.165, 1.54) is 0 Å². The van der Waals surface area contributed by atoms with Crippen LogP contribution in [0, 0.1) is 0 Å². The number of methoxy groups -OCH3 is 2. The Hall–Kier alpha value is -2.73. The number of nitrogens with one attached hydrogen (secondary N) is 1. The third-order valence-electron chi connectivity index (χ3n) is 3.32. The highest BCUT2D eigenvalue weighted by Gasteiger charge is 2.02. The number of nitrogens with two attached hydrogens (primary N) is 1. The van der Waals surface area contributed by atoms with Gasteiger partial charge in [-0.25, -0.2) is 0 Å². The minimum absolute atomic E-state index is 0.326. The fraction of sp³-hybridized carbons (Fsp3) is 0.278. The van der Waals surface area contributed by atoms with Gasteiger partial charge in [0, 0.05) is 0 Å². The van der Waals surface area contributed by atoms with Crippen molar-refractivity contribution in [3.63, 3.8) is 0 Å². The number of hydrogen-bond acceptors (Lipinski definition) is 4. The molecule has 6 nitrogen and oxygen atoms in total. The van der Waals surface area contributed by atoms with E-state index in [0.29, 0.717) is 31.5 Å². The number of benzene rings is 2. The minimum atomic E-state index is 0.326. The van der Waals surface area contributed by atoms with Crippen LogP contribution in [0.1, 0.15) is 5.56 Å². The van der Waals surface area contributed by atoms with E-state index in [1.807, 2.05) is 48.5 Å². The van der Waals surface area contributed by atoms with Crippen LogP contribution < -0.4 is 20.5 Å². The van der Waals surface area contributed by atoms with E-state index in [1.54, 1.807) is 14.2 Å². The first-order valence-electron chi connectivity index (χ1n) is 7.63. The van der Waals surface area contributed by atoms with E-state index in [-0.39, 0.29) is 0 Å². The average Bonchev–Trinajstić information content (AvgIpc) is 2.62. The van der Waals surface area contributed by atoms with Crippen molar-refractivity contribution in [3.8, 4) is 11.5 Å². The van der Waals surface area contributed by atoms with Gasteiger partial charge in [-0.2, -0.15) is 0 Å². The molecular weight excluding hydrogens is 306 g/mol. The molecule has 0 amide bonds. The predicted molar refractivity (Wildman–Crippen MR) is 95.8 cm³/mol. The van der Waals surface area contributed by atoms with E-state index >= 15 is 0 Å². The van der Waals surface area contributed by atoms with E-state index in [0.717, 1.165) is 17.0 Å². The lowest BCUT2D eigenvalue weighted by atomic mass is 10.2. The summed E-state index contributed by atoms with van der Waals surface area (Å²) in [4.78, 5) is 4.24. The number of aliphatic imine (C=N–C) groups is 1. The van der Waals surface area contributed by atoms with Crippen molar-refractivity contribution in [2.75, 3.05) is 32.7 Å². The highest BCUT2D eigenvalue weighted by Crippen LogP contribution is 2.22. The maximum absolute atomic E-state index is 5.87. The molecule has 2 aromatic rings. The summed E-state index contributed by atoms with van der Waals surface area (Å²) < 4.78 is 15.9. The van der Waals surface area contributed by atoms with Gasteiger partial charge < -0.3 is 25.3 Å². The van der Waals surface area contributed by atoms with Crippen LogP contribution >= 0.6 is 0 Å². The minimum Gasteiger partial charge on any atom is -0.497 e. The molecule has 0 unspecified atom stereocenters. The number of ether oxygens (including phenoxy) is 3. The van der Waals surface area contributed by atoms with Crippen LogP contribution in [0.15, 0.2) is 53.5 Å². The Labute approximate surface area is 142 Å². The Balaban J connectivity index is 1.72. The lowest BCUT2D eigenvalue weighted by Crippen LogP contribution is -2.23. The Morgan fingerprint density at radius 3 is 2.50 bits per heavy atom. The molecule has 0 aromatic heterocycles. The van der Waals surface area contributed by atoms with E-state index < -0.39 is 0 Å². The SMILES string of the molecule is COc1ccc(COCCN=C(N)Nc2ccccc2OC)cc1. The van der Waals surface area contributed by atoms with Gasteiger partial charge >= 0.3 is 0 Å². The van der Waals surface area contributed by atoms with Crippen LogP contribution in [0.5, 0.6) is 11.5 Å². The molecule has 0 saturated carbocycles. The van der Waals surface area contributed by atoms with Gasteiger partial charge in [-0.15, -0.1) is 0 Å². The van der Waals surface area contributed by atoms with Crippen molar-refractivity contribution >= 4 is 11.6 Å². The first-order valence-corrected chi connectivity index (χ1v) is 7.63. The molecule has 2 rings (SSSR count). The summed E-state index contributed by atoms with van der Waals surface area (Å²) in [6.45, 7) is 1.49. The molecule has 2 aromatic carbocycles. The van der Waals surface area contributed by atoms with Gasteiger partial charge in [-0.1, -0.05) is 24.3 Å². The number of nitrogens with zero attached hydrogens (tertiary/aromatic N) is 1. The van der Waals surface area contributed by atoms with E-state index in [2.05, 4.69) is 10.3 Å². The fourth-order valence-electron chi connectivity index (χ4n) is 2.07. The molecule has 0 aliphatic rings. The van der Waals surface area contributed by atoms with Gasteiger partial charge in [0.15, 0.2) is 5.96 Å². The molecule has 6 heteroatoms. The molecule has 24 heavy (non-hydrogen) atoms. The lowest BCUT2D eigenvalue weighted by Gasteiger charge is -2.10. The second-order valence-electron chi connectivity index (χ2n) is 4.99. The van der Waals surface area contributed by atoms with Crippen molar-refractivity contribution < 1.29 is 14.2 Å². The summed E-state index contributed by atoms with van der Waals surface area (Å²) in [5, 5.41) is 3.02. The highest BCUT2D eigenvalue weighted by molar-refractivity contribution is 5.93. The maximum Gasteiger partial charge on any atom is 0.193 e. The summed E-state index contributed by atoms with van der Waals surface area (Å²) in [6.07, 6.45) is 0. The summed E-state index contributed by atoms with van der Waals surface area (Å²) in [7, 11) is 3.26. The molecule has 0 fully saturated rings. The van der Waals surface area contributed by atoms with E-state index in [9.17, 15) is 0 Å². The average molecular weight is 329 g/mol. The van der Waals surface area contributed by atoms with Crippen molar-refractivity contribution in [1.29, 1.82) is 0 Å². The normalized spacial score (nSPS) is 11.2. The van der Waals surface area contributed by atoms with Crippen molar-refractivity contribution in [2.45, 2.75) is 6.61 Å². The third kappa shape index (κ3) is 5.48. The molecular formula is C18H23N3O3. The van der Waals surface area contributed by atoms with Gasteiger partial charge in [0.1, 0.15) is 11.5 Å². The number of para-hydroxylation sites is 2. The zero-order valence-electron chi connectivity index (χ0n) is 14.0. The quantitative estimate of drug-likeness (QED) is 0.442. The Morgan fingerprint density at radius 1 is 1.04 bits per heavy atom. The van der Waals surface area contributed by atoms with E-state index in [4.69, 9.17) is 19.9 Å². The van der Waals surface area contributed by atoms with Crippen molar-refractivity contribution in [3.05, 3.63) is 54.1 Å². The number of guanidine groups is 1. The monoisotopic (exact) mass is 329 g/mol. The Morgan fingerprint density at radius 2 is 1.79 bits per heavy atom. The third-order valence-corrected chi connectivity index (χ3v) is 3.32. The summed E-state index contributed by atoms with van der Waals surface area (Å²) in [5.41, 5.74) is 7.73. The topological polar surface area (TPSA) is 78.1 Å². The van der Waals surface area contributed by atoms with Crippen molar-refractivity contribution in [2.24, 2.45) is 10.7 Å². The molecule has 0 aliphatic carbocycles. The molecule has 0 spiro atoms. The first-order chi connectivity index (χ1) is 11.7. The van der Waals surface area contributed by atoms with Crippen LogP contribution in [0.25, 0.3) is 0 Å². The van der Waals surface area contributed by atoms with Crippen molar-refractivity contribution in [1.82, 2.24) is 0 Å². The molecule has 0 heterocycles. The molecule has 0 aliphatic heterocycles. The number of hydrogen-bond donors (Lipinski definition) is 2.